The molecule has 0 aromatic heterocycles. The molecule has 464 valence electrons. The number of fused-ring (bicyclic) bond motifs is 3. The van der Waals surface area contributed by atoms with E-state index in [4.69, 9.17) is 0 Å². The van der Waals surface area contributed by atoms with Crippen molar-refractivity contribution in [3.05, 3.63) is 364 Å². The average molecular weight is 1200 g/mol. The van der Waals surface area contributed by atoms with Gasteiger partial charge in [-0.25, -0.2) is 0 Å². The predicted octanol–water partition coefficient (Wildman–Crippen LogP) is 25.6. The van der Waals surface area contributed by atoms with Crippen molar-refractivity contribution in [3.63, 3.8) is 0 Å². The molecule has 1 aliphatic carbocycles. The first-order valence-electron chi connectivity index (χ1n) is 32.3. The first kappa shape index (κ1) is 66.5. The van der Waals surface area contributed by atoms with E-state index in [0.29, 0.717) is 0 Å². The lowest BCUT2D eigenvalue weighted by molar-refractivity contribution is 0.766. The second kappa shape index (κ2) is 31.2. The number of unbranched alkanes of at least 4 members (excludes halogenated alkanes) is 2. The largest absolute Gasteiger partial charge is 0.311 e. The third-order valence-electron chi connectivity index (χ3n) is 17.4. The van der Waals surface area contributed by atoms with E-state index in [2.05, 4.69) is 367 Å². The molecule has 0 amide bonds. The normalized spacial score (nSPS) is 11.4. The molecular weight excluding hydrogens is 1110 g/mol. The highest BCUT2D eigenvalue weighted by Gasteiger charge is 2.46. The number of para-hydroxylation sites is 1. The molecule has 13 rings (SSSR count). The van der Waals surface area contributed by atoms with E-state index in [9.17, 15) is 0 Å². The fourth-order valence-corrected chi connectivity index (χ4v) is 12.5. The minimum Gasteiger partial charge on any atom is -0.311 e. The molecule has 12 aromatic carbocycles. The van der Waals surface area contributed by atoms with Crippen LogP contribution in [0.3, 0.4) is 0 Å². The number of anilines is 9. The van der Waals surface area contributed by atoms with E-state index in [1.807, 2.05) is 0 Å². The average Bonchev–Trinajstić information content (AvgIpc) is 1.53. The van der Waals surface area contributed by atoms with Crippen LogP contribution in [-0.2, 0) is 18.3 Å². The van der Waals surface area contributed by atoms with Crippen LogP contribution in [0.2, 0.25) is 0 Å². The van der Waals surface area contributed by atoms with E-state index in [1.165, 1.54) is 132 Å². The minimum absolute atomic E-state index is 0. The lowest BCUT2D eigenvalue weighted by Gasteiger charge is -2.34. The lowest BCUT2D eigenvalue weighted by atomic mass is 9.67. The van der Waals surface area contributed by atoms with Gasteiger partial charge in [-0.1, -0.05) is 263 Å². The molecule has 0 radical (unpaired) electrons. The first-order chi connectivity index (χ1) is 44.0. The number of hydrogen-bond acceptors (Lipinski definition) is 3. The molecule has 3 heteroatoms. The molecule has 0 aliphatic heterocycles. The van der Waals surface area contributed by atoms with Crippen LogP contribution >= 0.6 is 0 Å². The predicted molar refractivity (Wildman–Crippen MR) is 400 cm³/mol. The van der Waals surface area contributed by atoms with Crippen molar-refractivity contribution in [2.24, 2.45) is 0 Å². The topological polar surface area (TPSA) is 9.72 Å². The summed E-state index contributed by atoms with van der Waals surface area (Å²) in [7, 11) is 0. The standard InChI is InChI=1S/C39H42N2.C27H22.C21H21N.2CH4/c1-4-6-11-32-17-23-36(24-18-32)40(34-13-9-8-10-14-34)38-27-29-39(30-28-38)41(35-21-15-31(3)16-22-35)37-25-19-33(20-26-37)12-7-5-2;1-19-13-15-23-24-16-14-20(2)18-26(24)27(25(23)17-19,21-9-5-3-6-10-21)22-11-7-4-8-12-22;1-16-4-10-19(11-5-16)22(20-12-6-17(2)7-13-20)21-14-8-18(3)9-15-21;;/h8-10,13-30H,4-7,11-12H2,1-3H3;3-18H,1-2H3;4-15H,1-3H3;2*1H4. The summed E-state index contributed by atoms with van der Waals surface area (Å²) in [5.74, 6) is 0. The van der Waals surface area contributed by atoms with Gasteiger partial charge in [-0.05, 0) is 221 Å². The van der Waals surface area contributed by atoms with Crippen LogP contribution in [0.25, 0.3) is 11.1 Å². The zero-order valence-electron chi connectivity index (χ0n) is 53.9. The summed E-state index contributed by atoms with van der Waals surface area (Å²) < 4.78 is 0. The number of nitrogens with zero attached hydrogens (tertiary/aromatic N) is 3. The van der Waals surface area contributed by atoms with Gasteiger partial charge in [0.05, 0.1) is 5.41 Å². The SMILES string of the molecule is C.C.CCCCc1ccc(N(c2ccccc2)c2ccc(N(c3ccc(C)cc3)c3ccc(CCCC)cc3)cc2)cc1.Cc1ccc(N(c2ccc(C)cc2)c2ccc(C)cc2)cc1.Cc1ccc2c(c1)C(c1ccccc1)(c1ccccc1)c1cc(C)ccc1-2. The van der Waals surface area contributed by atoms with Gasteiger partial charge in [-0.15, -0.1) is 0 Å². The molecule has 0 heterocycles. The maximum atomic E-state index is 2.38. The summed E-state index contributed by atoms with van der Waals surface area (Å²) in [6.07, 6.45) is 7.14. The van der Waals surface area contributed by atoms with E-state index in [0.717, 1.165) is 35.6 Å². The highest BCUT2D eigenvalue weighted by Crippen LogP contribution is 2.56. The van der Waals surface area contributed by atoms with Crippen LogP contribution in [0.4, 0.5) is 51.2 Å². The molecule has 0 saturated carbocycles. The summed E-state index contributed by atoms with van der Waals surface area (Å²) in [4.78, 5) is 6.98. The van der Waals surface area contributed by atoms with Gasteiger partial charge in [-0.2, -0.15) is 0 Å². The third-order valence-corrected chi connectivity index (χ3v) is 17.4. The Morgan fingerprint density at radius 2 is 0.478 bits per heavy atom. The highest BCUT2D eigenvalue weighted by molar-refractivity contribution is 5.87. The van der Waals surface area contributed by atoms with Crippen molar-refractivity contribution >= 4 is 51.2 Å². The lowest BCUT2D eigenvalue weighted by Crippen LogP contribution is -2.28. The monoisotopic (exact) mass is 1200 g/mol. The van der Waals surface area contributed by atoms with Gasteiger partial charge < -0.3 is 14.7 Å². The Hall–Kier alpha value is -9.96. The maximum absolute atomic E-state index is 2.38. The Bertz CT molecular complexity index is 3990. The van der Waals surface area contributed by atoms with Crippen molar-refractivity contribution in [1.29, 1.82) is 0 Å². The second-order valence-corrected chi connectivity index (χ2v) is 24.3. The number of aryl methyl sites for hydroxylation is 8. The molecule has 0 fully saturated rings. The Kier molecular flexibility index (Phi) is 22.5. The quantitative estimate of drug-likeness (QED) is 0.0900. The second-order valence-electron chi connectivity index (χ2n) is 24.3. The van der Waals surface area contributed by atoms with Crippen molar-refractivity contribution in [1.82, 2.24) is 0 Å². The third kappa shape index (κ3) is 15.1. The summed E-state index contributed by atoms with van der Waals surface area (Å²) >= 11 is 0. The van der Waals surface area contributed by atoms with Crippen molar-refractivity contribution in [2.75, 3.05) is 14.7 Å². The van der Waals surface area contributed by atoms with Crippen LogP contribution in [0.5, 0.6) is 0 Å². The molecule has 0 spiro atoms. The molecule has 0 unspecified atom stereocenters. The number of rotatable bonds is 17. The molecule has 0 atom stereocenters. The van der Waals surface area contributed by atoms with E-state index >= 15 is 0 Å². The maximum Gasteiger partial charge on any atom is 0.0713 e. The molecule has 12 aromatic rings. The molecule has 0 N–H and O–H groups in total. The smallest absolute Gasteiger partial charge is 0.0713 e. The van der Waals surface area contributed by atoms with Crippen molar-refractivity contribution in [2.45, 2.75) is 114 Å². The van der Waals surface area contributed by atoms with E-state index in [1.54, 1.807) is 0 Å². The Morgan fingerprint density at radius 1 is 0.250 bits per heavy atom. The van der Waals surface area contributed by atoms with Gasteiger partial charge in [0.25, 0.3) is 0 Å². The Balaban J connectivity index is 0.000000170. The van der Waals surface area contributed by atoms with Gasteiger partial charge >= 0.3 is 0 Å². The molecule has 0 bridgehead atoms. The summed E-state index contributed by atoms with van der Waals surface area (Å²) in [5.41, 5.74) is 28.8. The van der Waals surface area contributed by atoms with Crippen LogP contribution < -0.4 is 14.7 Å². The van der Waals surface area contributed by atoms with Gasteiger partial charge in [0.2, 0.25) is 0 Å². The fraction of sp³-hybridized carbons (Fsp3) is 0.191. The van der Waals surface area contributed by atoms with Crippen LogP contribution in [0.15, 0.2) is 297 Å². The zero-order chi connectivity index (χ0) is 62.4. The minimum atomic E-state index is -0.273. The fourth-order valence-electron chi connectivity index (χ4n) is 12.5. The molecule has 0 saturated heterocycles. The molecule has 92 heavy (non-hydrogen) atoms. The summed E-state index contributed by atoms with van der Waals surface area (Å²) in [5, 5.41) is 0. The van der Waals surface area contributed by atoms with Crippen LogP contribution in [0, 0.1) is 41.5 Å². The van der Waals surface area contributed by atoms with Crippen LogP contribution in [0.1, 0.15) is 121 Å². The molecule has 3 nitrogen and oxygen atoms in total. The van der Waals surface area contributed by atoms with Gasteiger partial charge in [-0.3, -0.25) is 0 Å². The van der Waals surface area contributed by atoms with Gasteiger partial charge in [0.1, 0.15) is 0 Å². The Morgan fingerprint density at radius 3 is 0.750 bits per heavy atom. The van der Waals surface area contributed by atoms with E-state index < -0.39 is 0 Å². The van der Waals surface area contributed by atoms with Gasteiger partial charge in [0.15, 0.2) is 0 Å². The van der Waals surface area contributed by atoms with Crippen molar-refractivity contribution in [3.8, 4) is 11.1 Å². The summed E-state index contributed by atoms with van der Waals surface area (Å²) in [6.45, 7) is 17.4. The van der Waals surface area contributed by atoms with Crippen LogP contribution in [-0.4, -0.2) is 0 Å². The van der Waals surface area contributed by atoms with Gasteiger partial charge in [0, 0.05) is 51.2 Å². The highest BCUT2D eigenvalue weighted by atomic mass is 15.2. The van der Waals surface area contributed by atoms with E-state index in [-0.39, 0.29) is 20.3 Å². The molecular formula is C89H93N3. The zero-order valence-corrected chi connectivity index (χ0v) is 53.9. The molecule has 1 aliphatic rings. The Labute approximate surface area is 552 Å². The number of benzene rings is 12. The first-order valence-corrected chi connectivity index (χ1v) is 32.3. The summed E-state index contributed by atoms with van der Waals surface area (Å²) in [6, 6.07) is 108. The number of hydrogen-bond donors (Lipinski definition) is 0. The van der Waals surface area contributed by atoms with Crippen molar-refractivity contribution < 1.29 is 0 Å².